The van der Waals surface area contributed by atoms with Crippen molar-refractivity contribution < 1.29 is 4.74 Å². The summed E-state index contributed by atoms with van der Waals surface area (Å²) in [6, 6.07) is 9.31. The third kappa shape index (κ3) is 5.58. The first-order valence-electron chi connectivity index (χ1n) is 7.55. The summed E-state index contributed by atoms with van der Waals surface area (Å²) >= 11 is 12.0. The van der Waals surface area contributed by atoms with E-state index in [2.05, 4.69) is 20.6 Å². The van der Waals surface area contributed by atoms with E-state index in [0.29, 0.717) is 29.2 Å². The van der Waals surface area contributed by atoms with Crippen molar-refractivity contribution in [2.75, 3.05) is 20.2 Å². The van der Waals surface area contributed by atoms with Crippen LogP contribution in [0.2, 0.25) is 10.0 Å². The number of aliphatic imine (C=N–C) groups is 1. The molecule has 1 atom stereocenters. The van der Waals surface area contributed by atoms with Gasteiger partial charge in [-0.15, -0.1) is 0 Å². The van der Waals surface area contributed by atoms with Gasteiger partial charge in [0, 0.05) is 13.2 Å². The second-order valence-corrected chi connectivity index (χ2v) is 5.89. The summed E-state index contributed by atoms with van der Waals surface area (Å²) in [5.74, 6) is 1.43. The van der Waals surface area contributed by atoms with Gasteiger partial charge in [0.25, 0.3) is 0 Å². The number of hydrogen-bond acceptors (Lipinski definition) is 3. The Bertz CT molecular complexity index is 680. The molecule has 0 fully saturated rings. The van der Waals surface area contributed by atoms with Gasteiger partial charge in [-0.25, -0.2) is 0 Å². The maximum atomic E-state index is 6.06. The summed E-state index contributed by atoms with van der Waals surface area (Å²) in [5.41, 5.74) is 1.03. The van der Waals surface area contributed by atoms with Crippen molar-refractivity contribution in [3.63, 3.8) is 0 Å². The fourth-order valence-corrected chi connectivity index (χ4v) is 2.34. The molecule has 0 aliphatic carbocycles. The molecule has 0 saturated heterocycles. The Kier molecular flexibility index (Phi) is 7.15. The lowest BCUT2D eigenvalue weighted by Crippen LogP contribution is -2.40. The number of nitrogens with zero attached hydrogens (tertiary/aromatic N) is 2. The SMILES string of the molecule is CN=C(NCCOc1cccnc1)NC(C)c1ccc(Cl)c(Cl)c1. The average Bonchev–Trinajstić information content (AvgIpc) is 2.60. The molecule has 1 aromatic heterocycles. The molecule has 0 aliphatic rings. The Balaban J connectivity index is 1.80. The number of benzene rings is 1. The molecule has 2 aromatic rings. The minimum Gasteiger partial charge on any atom is -0.490 e. The second-order valence-electron chi connectivity index (χ2n) is 5.08. The quantitative estimate of drug-likeness (QED) is 0.465. The van der Waals surface area contributed by atoms with Gasteiger partial charge >= 0.3 is 0 Å². The van der Waals surface area contributed by atoms with Crippen LogP contribution in [-0.4, -0.2) is 31.1 Å². The molecule has 2 rings (SSSR count). The molecule has 0 aliphatic heterocycles. The van der Waals surface area contributed by atoms with Crippen LogP contribution < -0.4 is 15.4 Å². The Morgan fingerprint density at radius 1 is 1.29 bits per heavy atom. The summed E-state index contributed by atoms with van der Waals surface area (Å²) in [6.07, 6.45) is 3.39. The highest BCUT2D eigenvalue weighted by Gasteiger charge is 2.09. The maximum Gasteiger partial charge on any atom is 0.191 e. The fourth-order valence-electron chi connectivity index (χ4n) is 2.04. The standard InChI is InChI=1S/C17H20Cl2N4O/c1-12(13-5-6-15(18)16(19)10-13)23-17(20-2)22-8-9-24-14-4-3-7-21-11-14/h3-7,10-12H,8-9H2,1-2H3,(H2,20,22,23). The van der Waals surface area contributed by atoms with Crippen molar-refractivity contribution in [3.8, 4) is 5.75 Å². The highest BCUT2D eigenvalue weighted by molar-refractivity contribution is 6.42. The van der Waals surface area contributed by atoms with E-state index in [1.807, 2.05) is 31.2 Å². The molecule has 1 heterocycles. The molecule has 5 nitrogen and oxygen atoms in total. The van der Waals surface area contributed by atoms with E-state index in [1.165, 1.54) is 0 Å². The monoisotopic (exact) mass is 366 g/mol. The Morgan fingerprint density at radius 3 is 2.79 bits per heavy atom. The third-order valence-corrected chi connectivity index (χ3v) is 4.06. The average molecular weight is 367 g/mol. The second kappa shape index (κ2) is 9.35. The summed E-state index contributed by atoms with van der Waals surface area (Å²) in [4.78, 5) is 8.20. The predicted octanol–water partition coefficient (Wildman–Crippen LogP) is 3.69. The first kappa shape index (κ1) is 18.4. The Hall–Kier alpha value is -1.98. The van der Waals surface area contributed by atoms with E-state index in [9.17, 15) is 0 Å². The van der Waals surface area contributed by atoms with Crippen LogP contribution in [0.25, 0.3) is 0 Å². The molecule has 7 heteroatoms. The van der Waals surface area contributed by atoms with E-state index in [0.717, 1.165) is 11.3 Å². The number of pyridine rings is 1. The zero-order chi connectivity index (χ0) is 17.4. The van der Waals surface area contributed by atoms with Gasteiger partial charge in [0.2, 0.25) is 0 Å². The Morgan fingerprint density at radius 2 is 2.12 bits per heavy atom. The number of ether oxygens (including phenoxy) is 1. The molecule has 0 amide bonds. The third-order valence-electron chi connectivity index (χ3n) is 3.32. The first-order valence-corrected chi connectivity index (χ1v) is 8.30. The number of rotatable bonds is 6. The molecule has 2 N–H and O–H groups in total. The summed E-state index contributed by atoms with van der Waals surface area (Å²) in [7, 11) is 1.72. The molecule has 0 saturated carbocycles. The maximum absolute atomic E-state index is 6.06. The first-order chi connectivity index (χ1) is 11.6. The largest absolute Gasteiger partial charge is 0.490 e. The van der Waals surface area contributed by atoms with E-state index >= 15 is 0 Å². The van der Waals surface area contributed by atoms with E-state index in [-0.39, 0.29) is 6.04 Å². The summed E-state index contributed by atoms with van der Waals surface area (Å²) < 4.78 is 5.58. The summed E-state index contributed by atoms with van der Waals surface area (Å²) in [5, 5.41) is 7.58. The van der Waals surface area contributed by atoms with Crippen molar-refractivity contribution in [2.45, 2.75) is 13.0 Å². The smallest absolute Gasteiger partial charge is 0.191 e. The van der Waals surface area contributed by atoms with Gasteiger partial charge in [-0.3, -0.25) is 9.98 Å². The lowest BCUT2D eigenvalue weighted by Gasteiger charge is -2.18. The lowest BCUT2D eigenvalue weighted by atomic mass is 10.1. The van der Waals surface area contributed by atoms with Crippen LogP contribution in [-0.2, 0) is 0 Å². The van der Waals surface area contributed by atoms with Gasteiger partial charge in [-0.2, -0.15) is 0 Å². The zero-order valence-electron chi connectivity index (χ0n) is 13.6. The molecular formula is C17H20Cl2N4O. The van der Waals surface area contributed by atoms with Gasteiger partial charge in [-0.05, 0) is 36.8 Å². The number of guanidine groups is 1. The fraction of sp³-hybridized carbons (Fsp3) is 0.294. The van der Waals surface area contributed by atoms with Crippen molar-refractivity contribution in [3.05, 3.63) is 58.3 Å². The van der Waals surface area contributed by atoms with Crippen molar-refractivity contribution in [1.29, 1.82) is 0 Å². The van der Waals surface area contributed by atoms with E-state index in [4.69, 9.17) is 27.9 Å². The minimum absolute atomic E-state index is 0.0326. The molecule has 0 spiro atoms. The number of nitrogens with one attached hydrogen (secondary N) is 2. The molecule has 1 aromatic carbocycles. The molecule has 1 unspecified atom stereocenters. The van der Waals surface area contributed by atoms with Crippen LogP contribution in [0, 0.1) is 0 Å². The number of halogens is 2. The Labute approximate surface area is 152 Å². The molecular weight excluding hydrogens is 347 g/mol. The van der Waals surface area contributed by atoms with Crippen molar-refractivity contribution >= 4 is 29.2 Å². The van der Waals surface area contributed by atoms with Gasteiger partial charge in [-0.1, -0.05) is 29.3 Å². The van der Waals surface area contributed by atoms with Crippen LogP contribution in [0.5, 0.6) is 5.75 Å². The lowest BCUT2D eigenvalue weighted by molar-refractivity contribution is 0.320. The molecule has 24 heavy (non-hydrogen) atoms. The van der Waals surface area contributed by atoms with Crippen LogP contribution in [0.15, 0.2) is 47.7 Å². The molecule has 0 radical (unpaired) electrons. The number of aromatic nitrogens is 1. The van der Waals surface area contributed by atoms with E-state index < -0.39 is 0 Å². The van der Waals surface area contributed by atoms with Gasteiger partial charge in [0.1, 0.15) is 12.4 Å². The predicted molar refractivity (Wildman–Crippen MR) is 99.1 cm³/mol. The topological polar surface area (TPSA) is 58.5 Å². The van der Waals surface area contributed by atoms with Gasteiger partial charge in [0.05, 0.1) is 28.8 Å². The normalized spacial score (nSPS) is 12.6. The van der Waals surface area contributed by atoms with Crippen LogP contribution >= 0.6 is 23.2 Å². The van der Waals surface area contributed by atoms with Crippen molar-refractivity contribution in [1.82, 2.24) is 15.6 Å². The van der Waals surface area contributed by atoms with Crippen molar-refractivity contribution in [2.24, 2.45) is 4.99 Å². The molecule has 128 valence electrons. The zero-order valence-corrected chi connectivity index (χ0v) is 15.1. The van der Waals surface area contributed by atoms with E-state index in [1.54, 1.807) is 25.5 Å². The number of hydrogen-bond donors (Lipinski definition) is 2. The van der Waals surface area contributed by atoms with Crippen LogP contribution in [0.4, 0.5) is 0 Å². The highest BCUT2D eigenvalue weighted by Crippen LogP contribution is 2.25. The van der Waals surface area contributed by atoms with Crippen LogP contribution in [0.3, 0.4) is 0 Å². The minimum atomic E-state index is 0.0326. The highest BCUT2D eigenvalue weighted by atomic mass is 35.5. The summed E-state index contributed by atoms with van der Waals surface area (Å²) in [6.45, 7) is 3.15. The van der Waals surface area contributed by atoms with Crippen LogP contribution in [0.1, 0.15) is 18.5 Å². The molecule has 0 bridgehead atoms. The van der Waals surface area contributed by atoms with Gasteiger partial charge < -0.3 is 15.4 Å². The van der Waals surface area contributed by atoms with Gasteiger partial charge in [0.15, 0.2) is 5.96 Å².